The van der Waals surface area contributed by atoms with Gasteiger partial charge in [0, 0.05) is 6.42 Å². The van der Waals surface area contributed by atoms with E-state index < -0.39 is 7.82 Å². The zero-order chi connectivity index (χ0) is 13.1. The Balaban J connectivity index is 4.56. The molecule has 0 radical (unpaired) electrons. The zero-order valence-electron chi connectivity index (χ0n) is 11.4. The van der Waals surface area contributed by atoms with E-state index in [1.807, 2.05) is 13.0 Å². The van der Waals surface area contributed by atoms with Gasteiger partial charge in [-0.05, 0) is 32.8 Å². The summed E-state index contributed by atoms with van der Waals surface area (Å²) in [4.78, 5) is 0. The largest absolute Gasteiger partial charge is 0.529 e. The van der Waals surface area contributed by atoms with E-state index in [0.29, 0.717) is 19.0 Å². The standard InChI is InChI=1S/C12H25O4P/c1-5-9-11-12(10-6-2)16-17(13,14-7-3)15-8-4/h10H,5-9,11H2,1-4H3/b12-10+. The third-order valence-corrected chi connectivity index (χ3v) is 3.62. The fourth-order valence-corrected chi connectivity index (χ4v) is 2.58. The lowest BCUT2D eigenvalue weighted by Crippen LogP contribution is -2.00. The van der Waals surface area contributed by atoms with Gasteiger partial charge in [0.1, 0.15) is 5.76 Å². The predicted molar refractivity (Wildman–Crippen MR) is 69.8 cm³/mol. The summed E-state index contributed by atoms with van der Waals surface area (Å²) in [7, 11) is -3.41. The lowest BCUT2D eigenvalue weighted by atomic mass is 10.2. The summed E-state index contributed by atoms with van der Waals surface area (Å²) in [6, 6.07) is 0. The van der Waals surface area contributed by atoms with Crippen molar-refractivity contribution in [1.29, 1.82) is 0 Å². The summed E-state index contributed by atoms with van der Waals surface area (Å²) in [6.07, 6.45) is 5.62. The number of hydrogen-bond donors (Lipinski definition) is 0. The van der Waals surface area contributed by atoms with Crippen LogP contribution < -0.4 is 0 Å². The summed E-state index contributed by atoms with van der Waals surface area (Å²) >= 11 is 0. The van der Waals surface area contributed by atoms with E-state index in [-0.39, 0.29) is 0 Å². The van der Waals surface area contributed by atoms with Crippen LogP contribution in [-0.2, 0) is 18.1 Å². The van der Waals surface area contributed by atoms with Crippen molar-refractivity contribution in [1.82, 2.24) is 0 Å². The third-order valence-electron chi connectivity index (χ3n) is 2.01. The molecular weight excluding hydrogens is 239 g/mol. The maximum absolute atomic E-state index is 12.2. The molecule has 0 rings (SSSR count). The summed E-state index contributed by atoms with van der Waals surface area (Å²) in [6.45, 7) is 8.28. The molecule has 0 fully saturated rings. The number of phosphoric ester groups is 1. The van der Waals surface area contributed by atoms with Crippen molar-refractivity contribution in [3.05, 3.63) is 11.8 Å². The second kappa shape index (κ2) is 9.69. The molecule has 0 N–H and O–H groups in total. The molecule has 17 heavy (non-hydrogen) atoms. The summed E-state index contributed by atoms with van der Waals surface area (Å²) in [5.41, 5.74) is 0. The Labute approximate surface area is 105 Å². The molecule has 0 aromatic rings. The first-order chi connectivity index (χ1) is 8.11. The van der Waals surface area contributed by atoms with Gasteiger partial charge < -0.3 is 4.52 Å². The lowest BCUT2D eigenvalue weighted by molar-refractivity contribution is 0.142. The minimum absolute atomic E-state index is 0.310. The quantitative estimate of drug-likeness (QED) is 0.425. The third kappa shape index (κ3) is 7.58. The van der Waals surface area contributed by atoms with Gasteiger partial charge in [0.25, 0.3) is 0 Å². The van der Waals surface area contributed by atoms with Crippen LogP contribution >= 0.6 is 7.82 Å². The number of rotatable bonds is 10. The minimum atomic E-state index is -3.41. The highest BCUT2D eigenvalue weighted by Gasteiger charge is 2.27. The zero-order valence-corrected chi connectivity index (χ0v) is 12.3. The number of allylic oxidation sites excluding steroid dienone is 2. The average Bonchev–Trinajstić information content (AvgIpc) is 2.26. The highest BCUT2D eigenvalue weighted by atomic mass is 31.2. The second-order valence-corrected chi connectivity index (χ2v) is 5.15. The molecule has 0 aliphatic carbocycles. The van der Waals surface area contributed by atoms with Crippen molar-refractivity contribution in [2.45, 2.75) is 53.4 Å². The molecule has 0 amide bonds. The van der Waals surface area contributed by atoms with E-state index in [4.69, 9.17) is 13.6 Å². The maximum Gasteiger partial charge on any atom is 0.529 e. The van der Waals surface area contributed by atoms with Crippen LogP contribution in [0.5, 0.6) is 0 Å². The molecule has 0 aromatic heterocycles. The number of phosphoric acid groups is 1. The smallest absolute Gasteiger partial charge is 0.409 e. The van der Waals surface area contributed by atoms with Gasteiger partial charge in [0.05, 0.1) is 13.2 Å². The first-order valence-electron chi connectivity index (χ1n) is 6.39. The van der Waals surface area contributed by atoms with Crippen LogP contribution in [0.15, 0.2) is 11.8 Å². The fourth-order valence-electron chi connectivity index (χ4n) is 1.31. The molecular formula is C12H25O4P. The molecule has 0 unspecified atom stereocenters. The van der Waals surface area contributed by atoms with Gasteiger partial charge in [-0.1, -0.05) is 20.3 Å². The van der Waals surface area contributed by atoms with Crippen molar-refractivity contribution in [3.8, 4) is 0 Å². The summed E-state index contributed by atoms with van der Waals surface area (Å²) in [5, 5.41) is 0. The van der Waals surface area contributed by atoms with Crippen LogP contribution in [0.25, 0.3) is 0 Å². The van der Waals surface area contributed by atoms with Crippen LogP contribution in [0.4, 0.5) is 0 Å². The monoisotopic (exact) mass is 264 g/mol. The van der Waals surface area contributed by atoms with Gasteiger partial charge in [0.2, 0.25) is 0 Å². The van der Waals surface area contributed by atoms with Gasteiger partial charge in [-0.3, -0.25) is 9.05 Å². The van der Waals surface area contributed by atoms with Gasteiger partial charge in [-0.25, -0.2) is 4.57 Å². The molecule has 102 valence electrons. The van der Waals surface area contributed by atoms with Crippen molar-refractivity contribution >= 4 is 7.82 Å². The molecule has 0 aliphatic rings. The summed E-state index contributed by atoms with van der Waals surface area (Å²) in [5.74, 6) is 0.708. The fraction of sp³-hybridized carbons (Fsp3) is 0.833. The first-order valence-corrected chi connectivity index (χ1v) is 7.85. The molecule has 0 aliphatic heterocycles. The van der Waals surface area contributed by atoms with E-state index in [1.165, 1.54) is 0 Å². The molecule has 0 saturated heterocycles. The van der Waals surface area contributed by atoms with Crippen LogP contribution in [0.3, 0.4) is 0 Å². The van der Waals surface area contributed by atoms with Crippen molar-refractivity contribution in [3.63, 3.8) is 0 Å². The number of hydrogen-bond acceptors (Lipinski definition) is 4. The normalized spacial score (nSPS) is 12.8. The van der Waals surface area contributed by atoms with Crippen LogP contribution in [0, 0.1) is 0 Å². The topological polar surface area (TPSA) is 44.8 Å². The van der Waals surface area contributed by atoms with E-state index >= 15 is 0 Å². The SMILES string of the molecule is CC/C=C(\CCCC)OP(=O)(OCC)OCC. The minimum Gasteiger partial charge on any atom is -0.409 e. The molecule has 4 nitrogen and oxygen atoms in total. The highest BCUT2D eigenvalue weighted by molar-refractivity contribution is 7.48. The molecule has 5 heteroatoms. The Hall–Kier alpha value is -0.310. The van der Waals surface area contributed by atoms with Gasteiger partial charge in [-0.15, -0.1) is 0 Å². The van der Waals surface area contributed by atoms with Crippen LogP contribution in [-0.4, -0.2) is 13.2 Å². The molecule has 0 atom stereocenters. The molecule has 0 spiro atoms. The van der Waals surface area contributed by atoms with E-state index in [0.717, 1.165) is 25.7 Å². The van der Waals surface area contributed by atoms with E-state index in [2.05, 4.69) is 6.92 Å². The van der Waals surface area contributed by atoms with Gasteiger partial charge >= 0.3 is 7.82 Å². The maximum atomic E-state index is 12.2. The molecule has 0 bridgehead atoms. The van der Waals surface area contributed by atoms with Crippen molar-refractivity contribution in [2.24, 2.45) is 0 Å². The van der Waals surface area contributed by atoms with Crippen molar-refractivity contribution in [2.75, 3.05) is 13.2 Å². The van der Waals surface area contributed by atoms with Gasteiger partial charge in [-0.2, -0.15) is 0 Å². The van der Waals surface area contributed by atoms with Crippen molar-refractivity contribution < 1.29 is 18.1 Å². The Morgan fingerprint density at radius 3 is 2.12 bits per heavy atom. The molecule has 0 saturated carbocycles. The van der Waals surface area contributed by atoms with Crippen LogP contribution in [0.1, 0.15) is 53.4 Å². The summed E-state index contributed by atoms with van der Waals surface area (Å²) < 4.78 is 27.8. The Kier molecular flexibility index (Phi) is 9.52. The lowest BCUT2D eigenvalue weighted by Gasteiger charge is -2.19. The number of unbranched alkanes of at least 4 members (excludes halogenated alkanes) is 1. The molecule has 0 aromatic carbocycles. The van der Waals surface area contributed by atoms with E-state index in [9.17, 15) is 4.57 Å². The predicted octanol–water partition coefficient (Wildman–Crippen LogP) is 4.67. The molecule has 0 heterocycles. The second-order valence-electron chi connectivity index (χ2n) is 3.56. The first kappa shape index (κ1) is 16.7. The van der Waals surface area contributed by atoms with Crippen LogP contribution in [0.2, 0.25) is 0 Å². The Morgan fingerprint density at radius 2 is 1.71 bits per heavy atom. The van der Waals surface area contributed by atoms with Gasteiger partial charge in [0.15, 0.2) is 0 Å². The Morgan fingerprint density at radius 1 is 1.12 bits per heavy atom. The Bertz CT molecular complexity index is 253. The average molecular weight is 264 g/mol. The van der Waals surface area contributed by atoms with E-state index in [1.54, 1.807) is 13.8 Å². The highest BCUT2D eigenvalue weighted by Crippen LogP contribution is 2.51.